The van der Waals surface area contributed by atoms with Crippen LogP contribution in [0.1, 0.15) is 57.1 Å². The van der Waals surface area contributed by atoms with Crippen molar-refractivity contribution >= 4 is 11.8 Å². The molecule has 2 aromatic carbocycles. The van der Waals surface area contributed by atoms with E-state index in [1.807, 2.05) is 68.4 Å². The smallest absolute Gasteiger partial charge is 0.243 e. The summed E-state index contributed by atoms with van der Waals surface area (Å²) < 4.78 is 5.82. The Balaban J connectivity index is 1.82. The molecule has 186 valence electrons. The van der Waals surface area contributed by atoms with Gasteiger partial charge >= 0.3 is 0 Å². The third-order valence-corrected chi connectivity index (χ3v) is 5.92. The molecule has 0 aliphatic rings. The molecule has 2 rings (SSSR count). The molecule has 0 aromatic heterocycles. The molecule has 0 radical (unpaired) electrons. The van der Waals surface area contributed by atoms with Crippen molar-refractivity contribution in [1.82, 2.24) is 10.2 Å². The van der Waals surface area contributed by atoms with Gasteiger partial charge in [0.2, 0.25) is 11.8 Å². The highest BCUT2D eigenvalue weighted by atomic mass is 16.5. The first-order valence-electron chi connectivity index (χ1n) is 12.4. The van der Waals surface area contributed by atoms with Crippen LogP contribution < -0.4 is 15.8 Å². The van der Waals surface area contributed by atoms with Crippen LogP contribution in [0.2, 0.25) is 0 Å². The number of hydrogen-bond acceptors (Lipinski definition) is 4. The third kappa shape index (κ3) is 9.56. The fraction of sp³-hybridized carbons (Fsp3) is 0.500. The summed E-state index contributed by atoms with van der Waals surface area (Å²) in [6.07, 6.45) is 5.58. The number of amides is 2. The van der Waals surface area contributed by atoms with Gasteiger partial charge in [0, 0.05) is 13.6 Å². The first-order valence-corrected chi connectivity index (χ1v) is 12.4. The van der Waals surface area contributed by atoms with E-state index in [4.69, 9.17) is 10.5 Å². The lowest BCUT2D eigenvalue weighted by Gasteiger charge is -2.30. The molecule has 3 N–H and O–H groups in total. The lowest BCUT2D eigenvalue weighted by molar-refractivity contribution is -0.140. The Morgan fingerprint density at radius 2 is 1.56 bits per heavy atom. The second-order valence-electron chi connectivity index (χ2n) is 9.14. The number of carbonyl (C=O) groups is 2. The number of nitrogens with one attached hydrogen (secondary N) is 1. The molecule has 2 amide bonds. The molecule has 0 spiro atoms. The summed E-state index contributed by atoms with van der Waals surface area (Å²) in [6, 6.07) is 17.1. The van der Waals surface area contributed by atoms with Gasteiger partial charge < -0.3 is 20.7 Å². The molecule has 0 saturated heterocycles. The van der Waals surface area contributed by atoms with Crippen molar-refractivity contribution in [2.45, 2.75) is 65.0 Å². The minimum absolute atomic E-state index is 0.0206. The number of nitrogens with two attached hydrogens (primary N) is 1. The summed E-state index contributed by atoms with van der Waals surface area (Å²) in [5.74, 6) is 0.620. The summed E-state index contributed by atoms with van der Waals surface area (Å²) in [5.41, 5.74) is 7.51. The predicted octanol–water partition coefficient (Wildman–Crippen LogP) is 4.32. The van der Waals surface area contributed by atoms with E-state index in [0.29, 0.717) is 13.2 Å². The molecule has 2 aromatic rings. The lowest BCUT2D eigenvalue weighted by atomic mass is 10.0. The Morgan fingerprint density at radius 3 is 2.21 bits per heavy atom. The Labute approximate surface area is 204 Å². The van der Waals surface area contributed by atoms with E-state index >= 15 is 0 Å². The van der Waals surface area contributed by atoms with E-state index in [1.54, 1.807) is 11.9 Å². The first-order chi connectivity index (χ1) is 16.4. The molecule has 0 aliphatic carbocycles. The second-order valence-corrected chi connectivity index (χ2v) is 9.14. The Hall–Kier alpha value is -2.86. The summed E-state index contributed by atoms with van der Waals surface area (Å²) in [5, 5.41) is 3.02. The van der Waals surface area contributed by atoms with Gasteiger partial charge in [0.05, 0.1) is 6.42 Å². The fourth-order valence-corrected chi connectivity index (χ4v) is 3.94. The first kappa shape index (κ1) is 27.4. The van der Waals surface area contributed by atoms with Crippen molar-refractivity contribution in [3.05, 3.63) is 65.7 Å². The van der Waals surface area contributed by atoms with Crippen molar-refractivity contribution in [2.75, 3.05) is 20.1 Å². The normalized spacial score (nSPS) is 11.8. The van der Waals surface area contributed by atoms with E-state index in [0.717, 1.165) is 55.5 Å². The van der Waals surface area contributed by atoms with Gasteiger partial charge in [0.1, 0.15) is 18.4 Å². The largest absolute Gasteiger partial charge is 0.489 e. The van der Waals surface area contributed by atoms with E-state index in [1.165, 1.54) is 0 Å². The van der Waals surface area contributed by atoms with Gasteiger partial charge in [-0.3, -0.25) is 9.59 Å². The van der Waals surface area contributed by atoms with Crippen LogP contribution in [0.15, 0.2) is 54.6 Å². The van der Waals surface area contributed by atoms with Crippen LogP contribution in [-0.4, -0.2) is 42.9 Å². The maximum absolute atomic E-state index is 12.9. The molecule has 1 unspecified atom stereocenters. The van der Waals surface area contributed by atoms with E-state index in [9.17, 15) is 9.59 Å². The van der Waals surface area contributed by atoms with Crippen LogP contribution in [0.3, 0.4) is 0 Å². The Morgan fingerprint density at radius 1 is 0.912 bits per heavy atom. The highest BCUT2D eigenvalue weighted by molar-refractivity contribution is 5.88. The van der Waals surface area contributed by atoms with Gasteiger partial charge in [0.25, 0.3) is 0 Å². The number of nitrogens with zero attached hydrogens (tertiary/aromatic N) is 1. The topological polar surface area (TPSA) is 84.7 Å². The number of rotatable bonds is 15. The molecular weight excluding hydrogens is 426 g/mol. The van der Waals surface area contributed by atoms with Gasteiger partial charge in [-0.05, 0) is 48.6 Å². The molecule has 0 bridgehead atoms. The number of hydrogen-bond donors (Lipinski definition) is 2. The van der Waals surface area contributed by atoms with Gasteiger partial charge in [-0.25, -0.2) is 0 Å². The average Bonchev–Trinajstić information content (AvgIpc) is 2.83. The monoisotopic (exact) mass is 467 g/mol. The van der Waals surface area contributed by atoms with Crippen molar-refractivity contribution in [3.63, 3.8) is 0 Å². The fourth-order valence-electron chi connectivity index (χ4n) is 3.94. The maximum atomic E-state index is 12.9. The molecule has 0 fully saturated rings. The summed E-state index contributed by atoms with van der Waals surface area (Å²) in [7, 11) is 1.72. The molecule has 6 nitrogen and oxygen atoms in total. The molecule has 0 saturated carbocycles. The quantitative estimate of drug-likeness (QED) is 0.382. The third-order valence-electron chi connectivity index (χ3n) is 5.92. The number of benzene rings is 2. The Kier molecular flexibility index (Phi) is 12.2. The minimum atomic E-state index is -0.488. The van der Waals surface area contributed by atoms with Gasteiger partial charge in [-0.2, -0.15) is 0 Å². The average molecular weight is 468 g/mol. The summed E-state index contributed by atoms with van der Waals surface area (Å²) in [4.78, 5) is 27.3. The lowest BCUT2D eigenvalue weighted by Crippen LogP contribution is -2.51. The molecule has 34 heavy (non-hydrogen) atoms. The zero-order valence-corrected chi connectivity index (χ0v) is 21.0. The van der Waals surface area contributed by atoms with Crippen molar-refractivity contribution in [3.8, 4) is 5.75 Å². The zero-order valence-electron chi connectivity index (χ0n) is 21.0. The van der Waals surface area contributed by atoms with Crippen LogP contribution >= 0.6 is 0 Å². The molecule has 0 heterocycles. The van der Waals surface area contributed by atoms with E-state index in [2.05, 4.69) is 5.32 Å². The minimum Gasteiger partial charge on any atom is -0.489 e. The highest BCUT2D eigenvalue weighted by Gasteiger charge is 2.29. The number of ether oxygens (including phenoxy) is 1. The number of unbranched alkanes of at least 4 members (excludes halogenated alkanes) is 4. The van der Waals surface area contributed by atoms with E-state index in [-0.39, 0.29) is 24.2 Å². The van der Waals surface area contributed by atoms with Crippen LogP contribution in [0, 0.1) is 5.92 Å². The highest BCUT2D eigenvalue weighted by Crippen LogP contribution is 2.17. The second kappa shape index (κ2) is 15.1. The van der Waals surface area contributed by atoms with Crippen LogP contribution in [0.5, 0.6) is 5.75 Å². The van der Waals surface area contributed by atoms with Crippen LogP contribution in [-0.2, 0) is 22.6 Å². The van der Waals surface area contributed by atoms with Gasteiger partial charge in [0.15, 0.2) is 0 Å². The number of carbonyl (C=O) groups excluding carboxylic acids is 2. The molecule has 1 atom stereocenters. The van der Waals surface area contributed by atoms with Crippen molar-refractivity contribution < 1.29 is 14.3 Å². The van der Waals surface area contributed by atoms with E-state index < -0.39 is 6.04 Å². The van der Waals surface area contributed by atoms with Crippen molar-refractivity contribution in [1.29, 1.82) is 0 Å². The Bertz CT molecular complexity index is 853. The molecule has 0 aliphatic heterocycles. The summed E-state index contributed by atoms with van der Waals surface area (Å²) in [6.45, 7) is 5.82. The van der Waals surface area contributed by atoms with Crippen LogP contribution in [0.4, 0.5) is 0 Å². The summed E-state index contributed by atoms with van der Waals surface area (Å²) >= 11 is 0. The molecule has 6 heteroatoms. The van der Waals surface area contributed by atoms with Gasteiger partial charge in [-0.1, -0.05) is 75.6 Å². The van der Waals surface area contributed by atoms with Gasteiger partial charge in [-0.15, -0.1) is 0 Å². The van der Waals surface area contributed by atoms with Crippen LogP contribution in [0.25, 0.3) is 0 Å². The predicted molar refractivity (Wildman–Crippen MR) is 137 cm³/mol. The molecular formula is C28H41N3O3. The standard InChI is InChI=1S/C28H41N3O3/c1-22(2)27(28(33)30-19-11-6-4-5-10-18-29)31(3)26(32)20-23-14-16-25(17-15-23)34-21-24-12-8-7-9-13-24/h7-9,12-17,22,27H,4-6,10-11,18-21,29H2,1-3H3,(H,30,33). The number of likely N-dealkylation sites (N-methyl/N-ethyl adjacent to an activating group) is 1. The maximum Gasteiger partial charge on any atom is 0.243 e. The van der Waals surface area contributed by atoms with Crippen molar-refractivity contribution in [2.24, 2.45) is 11.7 Å². The SMILES string of the molecule is CC(C)C(C(=O)NCCCCCCCN)N(C)C(=O)Cc1ccc(OCc2ccccc2)cc1. The zero-order chi connectivity index (χ0) is 24.8.